The van der Waals surface area contributed by atoms with Crippen molar-refractivity contribution in [3.05, 3.63) is 27.7 Å². The predicted molar refractivity (Wildman–Crippen MR) is 114 cm³/mol. The van der Waals surface area contributed by atoms with E-state index in [0.717, 1.165) is 25.7 Å². The molecule has 1 aliphatic rings. The van der Waals surface area contributed by atoms with Crippen molar-refractivity contribution in [2.24, 2.45) is 0 Å². The van der Waals surface area contributed by atoms with Gasteiger partial charge in [0.15, 0.2) is 0 Å². The van der Waals surface area contributed by atoms with Gasteiger partial charge < -0.3 is 10.4 Å². The molecule has 27 heavy (non-hydrogen) atoms. The number of phenolic OH excluding ortho intramolecular Hbond substituents is 1. The lowest BCUT2D eigenvalue weighted by molar-refractivity contribution is 0.0929. The van der Waals surface area contributed by atoms with Gasteiger partial charge in [-0.1, -0.05) is 100 Å². The average molecular weight is 414 g/mol. The Morgan fingerprint density at radius 2 is 1.26 bits per heavy atom. The molecular weight excluding hydrogens is 381 g/mol. The molecule has 0 aromatic heterocycles. The summed E-state index contributed by atoms with van der Waals surface area (Å²) >= 11 is 12.0. The van der Waals surface area contributed by atoms with Gasteiger partial charge in [0.1, 0.15) is 5.75 Å². The van der Waals surface area contributed by atoms with Crippen LogP contribution in [-0.2, 0) is 0 Å². The van der Waals surface area contributed by atoms with Gasteiger partial charge in [0, 0.05) is 11.1 Å². The normalized spacial score (nSPS) is 19.0. The number of carbonyl (C=O) groups excluding carboxylic acids is 1. The van der Waals surface area contributed by atoms with Crippen LogP contribution in [0.1, 0.15) is 100 Å². The maximum absolute atomic E-state index is 12.7. The highest BCUT2D eigenvalue weighted by molar-refractivity contribution is 6.36. The molecule has 152 valence electrons. The summed E-state index contributed by atoms with van der Waals surface area (Å²) < 4.78 is 0. The molecule has 0 bridgehead atoms. The molecule has 0 radical (unpaired) electrons. The van der Waals surface area contributed by atoms with Gasteiger partial charge in [-0.3, -0.25) is 4.79 Å². The number of halogens is 2. The van der Waals surface area contributed by atoms with E-state index in [1.54, 1.807) is 0 Å². The van der Waals surface area contributed by atoms with Crippen molar-refractivity contribution in [2.45, 2.75) is 95.9 Å². The van der Waals surface area contributed by atoms with Crippen molar-refractivity contribution in [2.75, 3.05) is 0 Å². The molecule has 0 saturated heterocycles. The molecule has 0 heterocycles. The van der Waals surface area contributed by atoms with Crippen molar-refractivity contribution >= 4 is 29.1 Å². The minimum Gasteiger partial charge on any atom is -0.506 e. The van der Waals surface area contributed by atoms with E-state index in [2.05, 4.69) is 5.32 Å². The van der Waals surface area contributed by atoms with Gasteiger partial charge in [0.05, 0.1) is 10.6 Å². The molecule has 2 N–H and O–H groups in total. The smallest absolute Gasteiger partial charge is 0.255 e. The highest BCUT2D eigenvalue weighted by Gasteiger charge is 2.19. The first kappa shape index (κ1) is 22.4. The second-order valence-corrected chi connectivity index (χ2v) is 8.62. The minimum atomic E-state index is -0.292. The fourth-order valence-electron chi connectivity index (χ4n) is 3.84. The molecule has 1 fully saturated rings. The molecule has 0 atom stereocenters. The summed E-state index contributed by atoms with van der Waals surface area (Å²) in [5.74, 6) is -0.490. The van der Waals surface area contributed by atoms with Crippen LogP contribution < -0.4 is 5.32 Å². The van der Waals surface area contributed by atoms with E-state index in [9.17, 15) is 9.90 Å². The second-order valence-electron chi connectivity index (χ2n) is 7.77. The predicted octanol–water partition coefficient (Wildman–Crippen LogP) is 7.27. The van der Waals surface area contributed by atoms with E-state index >= 15 is 0 Å². The van der Waals surface area contributed by atoms with Crippen LogP contribution in [0.2, 0.25) is 10.0 Å². The molecule has 1 amide bonds. The van der Waals surface area contributed by atoms with Crippen LogP contribution in [0.3, 0.4) is 0 Å². The third kappa shape index (κ3) is 8.31. The highest BCUT2D eigenvalue weighted by atomic mass is 35.5. The summed E-state index contributed by atoms with van der Waals surface area (Å²) in [6.45, 7) is 0. The Morgan fingerprint density at radius 1 is 0.815 bits per heavy atom. The van der Waals surface area contributed by atoms with E-state index in [4.69, 9.17) is 23.2 Å². The van der Waals surface area contributed by atoms with Crippen molar-refractivity contribution in [3.63, 3.8) is 0 Å². The number of hydrogen-bond donors (Lipinski definition) is 2. The van der Waals surface area contributed by atoms with Gasteiger partial charge in [-0.15, -0.1) is 0 Å². The van der Waals surface area contributed by atoms with Gasteiger partial charge in [-0.05, 0) is 25.0 Å². The molecule has 0 aliphatic heterocycles. The number of nitrogens with one attached hydrogen (secondary N) is 1. The van der Waals surface area contributed by atoms with Gasteiger partial charge in [0.2, 0.25) is 0 Å². The molecular formula is C22H33Cl2NO2. The Bertz CT molecular complexity index is 576. The van der Waals surface area contributed by atoms with Crippen LogP contribution in [0.15, 0.2) is 12.1 Å². The van der Waals surface area contributed by atoms with Crippen molar-refractivity contribution in [1.82, 2.24) is 5.32 Å². The van der Waals surface area contributed by atoms with Crippen LogP contribution in [0, 0.1) is 0 Å². The number of rotatable bonds is 2. The Hall–Kier alpha value is -0.930. The van der Waals surface area contributed by atoms with E-state index in [-0.39, 0.29) is 28.3 Å². The van der Waals surface area contributed by atoms with Gasteiger partial charge >= 0.3 is 0 Å². The number of benzene rings is 1. The van der Waals surface area contributed by atoms with Crippen LogP contribution in [0.5, 0.6) is 5.75 Å². The van der Waals surface area contributed by atoms with E-state index < -0.39 is 0 Å². The van der Waals surface area contributed by atoms with Crippen LogP contribution in [0.25, 0.3) is 0 Å². The van der Waals surface area contributed by atoms with E-state index in [1.165, 1.54) is 76.3 Å². The quantitative estimate of drug-likeness (QED) is 0.535. The maximum atomic E-state index is 12.7. The van der Waals surface area contributed by atoms with Crippen LogP contribution in [-0.4, -0.2) is 17.1 Å². The Kier molecular flexibility index (Phi) is 10.4. The maximum Gasteiger partial charge on any atom is 0.255 e. The van der Waals surface area contributed by atoms with Crippen LogP contribution >= 0.6 is 23.2 Å². The zero-order valence-corrected chi connectivity index (χ0v) is 17.8. The summed E-state index contributed by atoms with van der Waals surface area (Å²) in [5.41, 5.74) is 0.156. The SMILES string of the molecule is O=C(NC1CCCCCCCCCCCCCC1)c1cc(Cl)cc(Cl)c1O. The standard InChI is InChI=1S/C22H33Cl2NO2/c23-17-15-19(21(26)20(24)16-17)22(27)25-18-13-11-9-7-5-3-1-2-4-6-8-10-12-14-18/h15-16,18,26H,1-14H2,(H,25,27). The van der Waals surface area contributed by atoms with Crippen LogP contribution in [0.4, 0.5) is 0 Å². The lowest BCUT2D eigenvalue weighted by Gasteiger charge is -2.19. The summed E-state index contributed by atoms with van der Waals surface area (Å²) in [4.78, 5) is 12.7. The van der Waals surface area contributed by atoms with Crippen molar-refractivity contribution in [1.29, 1.82) is 0 Å². The Morgan fingerprint density at radius 3 is 1.74 bits per heavy atom. The first-order valence-electron chi connectivity index (χ1n) is 10.6. The molecule has 3 nitrogen and oxygen atoms in total. The Balaban J connectivity index is 1.94. The first-order chi connectivity index (χ1) is 13.1. The number of aromatic hydroxyl groups is 1. The monoisotopic (exact) mass is 413 g/mol. The Labute approximate surface area is 173 Å². The van der Waals surface area contributed by atoms with Gasteiger partial charge in [-0.2, -0.15) is 0 Å². The third-order valence-electron chi connectivity index (χ3n) is 5.46. The summed E-state index contributed by atoms with van der Waals surface area (Å²) in [7, 11) is 0. The molecule has 1 aliphatic carbocycles. The van der Waals surface area contributed by atoms with E-state index in [1.807, 2.05) is 0 Å². The minimum absolute atomic E-state index is 0.106. The highest BCUT2D eigenvalue weighted by Crippen LogP contribution is 2.31. The molecule has 0 spiro atoms. The van der Waals surface area contributed by atoms with Gasteiger partial charge in [0.25, 0.3) is 5.91 Å². The fraction of sp³-hybridized carbons (Fsp3) is 0.682. The molecule has 5 heteroatoms. The zero-order chi connectivity index (χ0) is 19.5. The molecule has 1 aromatic carbocycles. The lowest BCUT2D eigenvalue weighted by atomic mass is 10.00. The number of carbonyl (C=O) groups is 1. The van der Waals surface area contributed by atoms with Crippen molar-refractivity contribution < 1.29 is 9.90 Å². The molecule has 0 unspecified atom stereocenters. The third-order valence-corrected chi connectivity index (χ3v) is 5.97. The summed E-state index contributed by atoms with van der Waals surface area (Å²) in [5, 5.41) is 13.7. The van der Waals surface area contributed by atoms with Crippen molar-refractivity contribution in [3.8, 4) is 5.75 Å². The summed E-state index contributed by atoms with van der Waals surface area (Å²) in [6.07, 6.45) is 17.4. The van der Waals surface area contributed by atoms with E-state index in [0.29, 0.717) is 5.02 Å². The number of phenols is 1. The average Bonchev–Trinajstić information content (AvgIpc) is 2.64. The lowest BCUT2D eigenvalue weighted by Crippen LogP contribution is -2.35. The molecule has 1 saturated carbocycles. The largest absolute Gasteiger partial charge is 0.506 e. The first-order valence-corrected chi connectivity index (χ1v) is 11.3. The summed E-state index contributed by atoms with van der Waals surface area (Å²) in [6, 6.07) is 3.06. The topological polar surface area (TPSA) is 49.3 Å². The number of amides is 1. The zero-order valence-electron chi connectivity index (χ0n) is 16.2. The molecule has 2 rings (SSSR count). The number of hydrogen-bond acceptors (Lipinski definition) is 2. The molecule has 1 aromatic rings. The van der Waals surface area contributed by atoms with Gasteiger partial charge in [-0.25, -0.2) is 0 Å². The fourth-order valence-corrected chi connectivity index (χ4v) is 4.33. The second kappa shape index (κ2) is 12.5.